The molecule has 0 spiro atoms. The molecular formula is C16H17N3O2S. The molecule has 0 aliphatic rings. The van der Waals surface area contributed by atoms with Crippen molar-refractivity contribution >= 4 is 33.3 Å². The number of fused-ring (bicyclic) bond motifs is 1. The van der Waals surface area contributed by atoms with Crippen molar-refractivity contribution in [1.29, 1.82) is 0 Å². The normalized spacial score (nSPS) is 11.1. The number of amides is 1. The summed E-state index contributed by atoms with van der Waals surface area (Å²) in [5, 5.41) is 6.17. The fourth-order valence-electron chi connectivity index (χ4n) is 2.42. The number of anilines is 1. The van der Waals surface area contributed by atoms with Crippen LogP contribution in [-0.4, -0.2) is 22.6 Å². The fourth-order valence-corrected chi connectivity index (χ4v) is 2.94. The zero-order chi connectivity index (χ0) is 15.7. The first-order valence-corrected chi connectivity index (χ1v) is 7.87. The summed E-state index contributed by atoms with van der Waals surface area (Å²) in [4.78, 5) is 16.6. The van der Waals surface area contributed by atoms with E-state index in [9.17, 15) is 4.79 Å². The van der Waals surface area contributed by atoms with Gasteiger partial charge in [0.2, 0.25) is 0 Å². The highest BCUT2D eigenvalue weighted by Crippen LogP contribution is 2.29. The summed E-state index contributed by atoms with van der Waals surface area (Å²) in [6.45, 7) is 4.17. The number of methoxy groups -OCH3 is 1. The molecule has 0 atom stereocenters. The summed E-state index contributed by atoms with van der Waals surface area (Å²) in [5.74, 6) is 0.629. The van der Waals surface area contributed by atoms with Gasteiger partial charge in [-0.25, -0.2) is 4.98 Å². The lowest BCUT2D eigenvalue weighted by Crippen LogP contribution is -2.11. The molecule has 114 valence electrons. The second kappa shape index (κ2) is 5.81. The van der Waals surface area contributed by atoms with Crippen LogP contribution >= 0.6 is 11.3 Å². The molecule has 1 aromatic carbocycles. The maximum Gasteiger partial charge on any atom is 0.259 e. The molecule has 2 heterocycles. The molecule has 0 unspecified atom stereocenters. The van der Waals surface area contributed by atoms with Crippen molar-refractivity contribution in [3.63, 3.8) is 0 Å². The van der Waals surface area contributed by atoms with E-state index in [0.29, 0.717) is 10.7 Å². The first-order chi connectivity index (χ1) is 10.6. The second-order valence-electron chi connectivity index (χ2n) is 5.22. The van der Waals surface area contributed by atoms with Crippen LogP contribution in [0.15, 0.2) is 36.0 Å². The standard InChI is InChI=1S/C16H17N3O2S/c1-10(2)19-9-13(15(20)18-16-17-6-7-22-16)12-5-4-11(21-3)8-14(12)19/h4-10H,1-3H3,(H,17,18,20). The zero-order valence-corrected chi connectivity index (χ0v) is 13.5. The largest absolute Gasteiger partial charge is 0.497 e. The number of nitrogens with one attached hydrogen (secondary N) is 1. The Kier molecular flexibility index (Phi) is 3.85. The highest BCUT2D eigenvalue weighted by molar-refractivity contribution is 7.13. The summed E-state index contributed by atoms with van der Waals surface area (Å²) in [6.07, 6.45) is 3.56. The molecule has 1 amide bonds. The van der Waals surface area contributed by atoms with E-state index in [1.165, 1.54) is 11.3 Å². The van der Waals surface area contributed by atoms with Crippen LogP contribution in [0.5, 0.6) is 5.75 Å². The van der Waals surface area contributed by atoms with E-state index < -0.39 is 0 Å². The summed E-state index contributed by atoms with van der Waals surface area (Å²) in [5.41, 5.74) is 1.63. The van der Waals surface area contributed by atoms with E-state index >= 15 is 0 Å². The van der Waals surface area contributed by atoms with Crippen LogP contribution in [0, 0.1) is 0 Å². The highest BCUT2D eigenvalue weighted by Gasteiger charge is 2.17. The van der Waals surface area contributed by atoms with Gasteiger partial charge in [0, 0.05) is 35.3 Å². The Labute approximate surface area is 132 Å². The number of thiazole rings is 1. The molecular weight excluding hydrogens is 298 g/mol. The Morgan fingerprint density at radius 3 is 2.86 bits per heavy atom. The molecule has 22 heavy (non-hydrogen) atoms. The number of aromatic nitrogens is 2. The molecule has 3 aromatic rings. The molecule has 0 aliphatic carbocycles. The van der Waals surface area contributed by atoms with Gasteiger partial charge in [0.15, 0.2) is 5.13 Å². The van der Waals surface area contributed by atoms with Crippen LogP contribution in [0.3, 0.4) is 0 Å². The van der Waals surface area contributed by atoms with Gasteiger partial charge >= 0.3 is 0 Å². The molecule has 2 aromatic heterocycles. The van der Waals surface area contributed by atoms with Gasteiger partial charge in [-0.15, -0.1) is 11.3 Å². The monoisotopic (exact) mass is 315 g/mol. The van der Waals surface area contributed by atoms with Crippen LogP contribution in [0.2, 0.25) is 0 Å². The van der Waals surface area contributed by atoms with Crippen molar-refractivity contribution in [1.82, 2.24) is 9.55 Å². The van der Waals surface area contributed by atoms with Crippen molar-refractivity contribution in [3.05, 3.63) is 41.5 Å². The molecule has 0 saturated carbocycles. The Hall–Kier alpha value is -2.34. The number of ether oxygens (including phenoxy) is 1. The van der Waals surface area contributed by atoms with Crippen LogP contribution in [0.1, 0.15) is 30.2 Å². The topological polar surface area (TPSA) is 56.1 Å². The van der Waals surface area contributed by atoms with Crippen LogP contribution in [-0.2, 0) is 0 Å². The molecule has 0 saturated heterocycles. The maximum absolute atomic E-state index is 12.5. The summed E-state index contributed by atoms with van der Waals surface area (Å²) < 4.78 is 7.37. The van der Waals surface area contributed by atoms with E-state index in [-0.39, 0.29) is 11.9 Å². The van der Waals surface area contributed by atoms with E-state index in [1.807, 2.05) is 29.8 Å². The highest BCUT2D eigenvalue weighted by atomic mass is 32.1. The van der Waals surface area contributed by atoms with Crippen molar-refractivity contribution in [3.8, 4) is 5.75 Å². The predicted octanol–water partition coefficient (Wildman–Crippen LogP) is 3.94. The maximum atomic E-state index is 12.5. The first kappa shape index (κ1) is 14.6. The zero-order valence-electron chi connectivity index (χ0n) is 12.7. The number of rotatable bonds is 4. The van der Waals surface area contributed by atoms with Crippen LogP contribution in [0.25, 0.3) is 10.9 Å². The van der Waals surface area contributed by atoms with E-state index in [0.717, 1.165) is 16.7 Å². The average Bonchev–Trinajstić information content (AvgIpc) is 3.13. The lowest BCUT2D eigenvalue weighted by Gasteiger charge is -2.09. The van der Waals surface area contributed by atoms with Crippen LogP contribution in [0.4, 0.5) is 5.13 Å². The smallest absolute Gasteiger partial charge is 0.259 e. The molecule has 3 rings (SSSR count). The SMILES string of the molecule is COc1ccc2c(C(=O)Nc3nccs3)cn(C(C)C)c2c1. The lowest BCUT2D eigenvalue weighted by molar-refractivity contribution is 0.102. The number of hydrogen-bond donors (Lipinski definition) is 1. The van der Waals surface area contributed by atoms with Gasteiger partial charge in [0.05, 0.1) is 18.2 Å². The average molecular weight is 315 g/mol. The lowest BCUT2D eigenvalue weighted by atomic mass is 10.1. The third-order valence-corrected chi connectivity index (χ3v) is 4.18. The molecule has 0 aliphatic heterocycles. The number of benzene rings is 1. The minimum atomic E-state index is -0.149. The fraction of sp³-hybridized carbons (Fsp3) is 0.250. The molecule has 6 heteroatoms. The van der Waals surface area contributed by atoms with Crippen LogP contribution < -0.4 is 10.1 Å². The van der Waals surface area contributed by atoms with Gasteiger partial charge in [-0.2, -0.15) is 0 Å². The Morgan fingerprint density at radius 1 is 1.41 bits per heavy atom. The molecule has 1 N–H and O–H groups in total. The predicted molar refractivity (Wildman–Crippen MR) is 88.9 cm³/mol. The molecule has 5 nitrogen and oxygen atoms in total. The number of nitrogens with zero attached hydrogens (tertiary/aromatic N) is 2. The Bertz CT molecular complexity index is 806. The number of hydrogen-bond acceptors (Lipinski definition) is 4. The van der Waals surface area contributed by atoms with E-state index in [1.54, 1.807) is 13.3 Å². The minimum Gasteiger partial charge on any atom is -0.497 e. The van der Waals surface area contributed by atoms with E-state index in [4.69, 9.17) is 4.74 Å². The van der Waals surface area contributed by atoms with Gasteiger partial charge in [0.1, 0.15) is 5.75 Å². The summed E-state index contributed by atoms with van der Waals surface area (Å²) in [7, 11) is 1.64. The molecule has 0 radical (unpaired) electrons. The van der Waals surface area contributed by atoms with Gasteiger partial charge < -0.3 is 9.30 Å². The molecule has 0 bridgehead atoms. The Balaban J connectivity index is 2.07. The third kappa shape index (κ3) is 2.57. The van der Waals surface area contributed by atoms with E-state index in [2.05, 4.69) is 28.7 Å². The summed E-state index contributed by atoms with van der Waals surface area (Å²) in [6, 6.07) is 5.99. The number of carbonyl (C=O) groups is 1. The van der Waals surface area contributed by atoms with Crippen molar-refractivity contribution in [2.24, 2.45) is 0 Å². The van der Waals surface area contributed by atoms with Gasteiger partial charge in [-0.1, -0.05) is 0 Å². The quantitative estimate of drug-likeness (QED) is 0.793. The minimum absolute atomic E-state index is 0.149. The van der Waals surface area contributed by atoms with Gasteiger partial charge in [-0.05, 0) is 26.0 Å². The van der Waals surface area contributed by atoms with Gasteiger partial charge in [-0.3, -0.25) is 10.1 Å². The summed E-state index contributed by atoms with van der Waals surface area (Å²) >= 11 is 1.40. The van der Waals surface area contributed by atoms with Crippen molar-refractivity contribution < 1.29 is 9.53 Å². The van der Waals surface area contributed by atoms with Crippen molar-refractivity contribution in [2.45, 2.75) is 19.9 Å². The molecule has 0 fully saturated rings. The third-order valence-electron chi connectivity index (χ3n) is 3.50. The van der Waals surface area contributed by atoms with Gasteiger partial charge in [0.25, 0.3) is 5.91 Å². The Morgan fingerprint density at radius 2 is 2.23 bits per heavy atom. The first-order valence-electron chi connectivity index (χ1n) is 6.99. The van der Waals surface area contributed by atoms with Crippen molar-refractivity contribution in [2.75, 3.05) is 12.4 Å². The number of carbonyl (C=O) groups excluding carboxylic acids is 1. The second-order valence-corrected chi connectivity index (χ2v) is 6.11.